The van der Waals surface area contributed by atoms with E-state index in [2.05, 4.69) is 65.4 Å². The average Bonchev–Trinajstić information content (AvgIpc) is 2.83. The van der Waals surface area contributed by atoms with Gasteiger partial charge < -0.3 is 5.32 Å². The zero-order valence-corrected chi connectivity index (χ0v) is 13.9. The number of nitrogens with zero attached hydrogens (tertiary/aromatic N) is 2. The van der Waals surface area contributed by atoms with Gasteiger partial charge in [0, 0.05) is 16.2 Å². The fraction of sp³-hybridized carbons (Fsp3) is 0.438. The quantitative estimate of drug-likeness (QED) is 0.838. The molecule has 2 rings (SSSR count). The maximum Gasteiger partial charge on any atom is 0.0646 e. The molecule has 0 saturated heterocycles. The van der Waals surface area contributed by atoms with Crippen molar-refractivity contribution in [3.8, 4) is 5.69 Å². The molecule has 1 aromatic heterocycles. The van der Waals surface area contributed by atoms with Crippen LogP contribution in [0.15, 0.2) is 41.1 Å². The first kappa shape index (κ1) is 15.3. The predicted octanol–water partition coefficient (Wildman–Crippen LogP) is 3.96. The molecule has 0 bridgehead atoms. The Hall–Kier alpha value is -1.13. The Kier molecular flexibility index (Phi) is 5.00. The van der Waals surface area contributed by atoms with Crippen LogP contribution < -0.4 is 5.32 Å². The molecule has 0 saturated carbocycles. The molecule has 0 unspecified atom stereocenters. The van der Waals surface area contributed by atoms with Crippen molar-refractivity contribution in [1.82, 2.24) is 15.1 Å². The van der Waals surface area contributed by atoms with E-state index in [1.807, 2.05) is 23.0 Å². The molecule has 108 valence electrons. The molecule has 0 aliphatic carbocycles. The first-order valence-electron chi connectivity index (χ1n) is 6.98. The SMILES string of the molecule is CC(C)(C)NCCCc1cnn(-c2ccc(Br)cc2)c1. The van der Waals surface area contributed by atoms with Crippen molar-refractivity contribution < 1.29 is 0 Å². The van der Waals surface area contributed by atoms with Crippen molar-refractivity contribution in [3.63, 3.8) is 0 Å². The zero-order valence-electron chi connectivity index (χ0n) is 12.4. The summed E-state index contributed by atoms with van der Waals surface area (Å²) in [5.74, 6) is 0. The molecule has 0 fully saturated rings. The van der Waals surface area contributed by atoms with E-state index in [0.717, 1.165) is 29.5 Å². The van der Waals surface area contributed by atoms with E-state index in [-0.39, 0.29) is 5.54 Å². The van der Waals surface area contributed by atoms with Gasteiger partial charge in [-0.05, 0) is 70.0 Å². The average molecular weight is 336 g/mol. The molecule has 1 heterocycles. The van der Waals surface area contributed by atoms with Crippen LogP contribution in [0, 0.1) is 0 Å². The van der Waals surface area contributed by atoms with Gasteiger partial charge in [0.2, 0.25) is 0 Å². The van der Waals surface area contributed by atoms with Gasteiger partial charge in [0.15, 0.2) is 0 Å². The number of nitrogens with one attached hydrogen (secondary N) is 1. The number of rotatable bonds is 5. The van der Waals surface area contributed by atoms with Crippen LogP contribution in [-0.2, 0) is 6.42 Å². The van der Waals surface area contributed by atoms with Gasteiger partial charge in [-0.2, -0.15) is 5.10 Å². The summed E-state index contributed by atoms with van der Waals surface area (Å²) >= 11 is 3.44. The molecule has 0 atom stereocenters. The van der Waals surface area contributed by atoms with Crippen LogP contribution >= 0.6 is 15.9 Å². The van der Waals surface area contributed by atoms with E-state index in [1.165, 1.54) is 5.56 Å². The number of hydrogen-bond acceptors (Lipinski definition) is 2. The fourth-order valence-corrected chi connectivity index (χ4v) is 2.24. The van der Waals surface area contributed by atoms with Gasteiger partial charge in [0.1, 0.15) is 0 Å². The van der Waals surface area contributed by atoms with Gasteiger partial charge >= 0.3 is 0 Å². The van der Waals surface area contributed by atoms with Crippen LogP contribution in [0.4, 0.5) is 0 Å². The Morgan fingerprint density at radius 1 is 1.20 bits per heavy atom. The van der Waals surface area contributed by atoms with Gasteiger partial charge in [0.25, 0.3) is 0 Å². The molecular weight excluding hydrogens is 314 g/mol. The van der Waals surface area contributed by atoms with Crippen molar-refractivity contribution in [2.45, 2.75) is 39.2 Å². The normalized spacial score (nSPS) is 11.8. The maximum atomic E-state index is 4.42. The molecule has 0 aliphatic rings. The van der Waals surface area contributed by atoms with Crippen LogP contribution in [0.25, 0.3) is 5.69 Å². The summed E-state index contributed by atoms with van der Waals surface area (Å²) in [7, 11) is 0. The summed E-state index contributed by atoms with van der Waals surface area (Å²) in [6, 6.07) is 8.18. The highest BCUT2D eigenvalue weighted by atomic mass is 79.9. The molecule has 2 aromatic rings. The van der Waals surface area contributed by atoms with Crippen molar-refractivity contribution >= 4 is 15.9 Å². The number of hydrogen-bond donors (Lipinski definition) is 1. The van der Waals surface area contributed by atoms with Crippen molar-refractivity contribution in [2.75, 3.05) is 6.54 Å². The third-order valence-electron chi connectivity index (χ3n) is 3.02. The number of aromatic nitrogens is 2. The third-order valence-corrected chi connectivity index (χ3v) is 3.55. The summed E-state index contributed by atoms with van der Waals surface area (Å²) in [6.07, 6.45) is 6.25. The summed E-state index contributed by atoms with van der Waals surface area (Å²) in [4.78, 5) is 0. The predicted molar refractivity (Wildman–Crippen MR) is 87.3 cm³/mol. The third kappa shape index (κ3) is 4.76. The zero-order chi connectivity index (χ0) is 14.6. The minimum atomic E-state index is 0.196. The van der Waals surface area contributed by atoms with E-state index < -0.39 is 0 Å². The highest BCUT2D eigenvalue weighted by Crippen LogP contribution is 2.14. The maximum absolute atomic E-state index is 4.42. The Morgan fingerprint density at radius 2 is 1.90 bits per heavy atom. The van der Waals surface area contributed by atoms with Crippen molar-refractivity contribution in [3.05, 3.63) is 46.7 Å². The summed E-state index contributed by atoms with van der Waals surface area (Å²) < 4.78 is 3.01. The van der Waals surface area contributed by atoms with Crippen LogP contribution in [0.5, 0.6) is 0 Å². The topological polar surface area (TPSA) is 29.9 Å². The minimum Gasteiger partial charge on any atom is -0.312 e. The second kappa shape index (κ2) is 6.55. The Balaban J connectivity index is 1.88. The van der Waals surface area contributed by atoms with Crippen LogP contribution in [-0.4, -0.2) is 21.9 Å². The highest BCUT2D eigenvalue weighted by Gasteiger charge is 2.07. The molecule has 4 heteroatoms. The Bertz CT molecular complexity index is 538. The smallest absolute Gasteiger partial charge is 0.0646 e. The number of aryl methyl sites for hydroxylation is 1. The number of benzene rings is 1. The van der Waals surface area contributed by atoms with Gasteiger partial charge in [-0.25, -0.2) is 4.68 Å². The molecule has 0 radical (unpaired) electrons. The van der Waals surface area contributed by atoms with Gasteiger partial charge in [-0.3, -0.25) is 0 Å². The lowest BCUT2D eigenvalue weighted by Crippen LogP contribution is -2.36. The van der Waals surface area contributed by atoms with Gasteiger partial charge in [-0.15, -0.1) is 0 Å². The lowest BCUT2D eigenvalue weighted by atomic mass is 10.1. The minimum absolute atomic E-state index is 0.196. The van der Waals surface area contributed by atoms with E-state index in [4.69, 9.17) is 0 Å². The largest absolute Gasteiger partial charge is 0.312 e. The molecule has 1 N–H and O–H groups in total. The van der Waals surface area contributed by atoms with E-state index in [1.54, 1.807) is 0 Å². The molecule has 0 amide bonds. The molecule has 0 spiro atoms. The van der Waals surface area contributed by atoms with Crippen LogP contribution in [0.3, 0.4) is 0 Å². The summed E-state index contributed by atoms with van der Waals surface area (Å²) in [5.41, 5.74) is 2.57. The molecule has 0 aliphatic heterocycles. The highest BCUT2D eigenvalue weighted by molar-refractivity contribution is 9.10. The van der Waals surface area contributed by atoms with Crippen LogP contribution in [0.2, 0.25) is 0 Å². The monoisotopic (exact) mass is 335 g/mol. The second-order valence-corrected chi connectivity index (χ2v) is 6.97. The van der Waals surface area contributed by atoms with E-state index >= 15 is 0 Å². The molecule has 3 nitrogen and oxygen atoms in total. The lowest BCUT2D eigenvalue weighted by molar-refractivity contribution is 0.422. The van der Waals surface area contributed by atoms with Gasteiger partial charge in [-0.1, -0.05) is 15.9 Å². The van der Waals surface area contributed by atoms with Crippen molar-refractivity contribution in [2.24, 2.45) is 0 Å². The van der Waals surface area contributed by atoms with E-state index in [0.29, 0.717) is 0 Å². The fourth-order valence-electron chi connectivity index (χ4n) is 1.98. The van der Waals surface area contributed by atoms with E-state index in [9.17, 15) is 0 Å². The Labute approximate surface area is 129 Å². The molecule has 20 heavy (non-hydrogen) atoms. The first-order valence-corrected chi connectivity index (χ1v) is 7.78. The summed E-state index contributed by atoms with van der Waals surface area (Å²) in [5, 5.41) is 7.93. The summed E-state index contributed by atoms with van der Waals surface area (Å²) in [6.45, 7) is 7.61. The van der Waals surface area contributed by atoms with Crippen LogP contribution in [0.1, 0.15) is 32.8 Å². The van der Waals surface area contributed by atoms with Crippen molar-refractivity contribution in [1.29, 1.82) is 0 Å². The van der Waals surface area contributed by atoms with Gasteiger partial charge in [0.05, 0.1) is 11.9 Å². The standard InChI is InChI=1S/C16H22BrN3/c1-16(2,3)18-10-4-5-13-11-19-20(12-13)15-8-6-14(17)7-9-15/h6-9,11-12,18H,4-5,10H2,1-3H3. The first-order chi connectivity index (χ1) is 9.44. The number of halogens is 1. The lowest BCUT2D eigenvalue weighted by Gasteiger charge is -2.20. The molecular formula is C16H22BrN3. The second-order valence-electron chi connectivity index (χ2n) is 6.05. The Morgan fingerprint density at radius 3 is 2.55 bits per heavy atom. The molecule has 1 aromatic carbocycles.